The molecule has 3 nitrogen and oxygen atoms in total. The van der Waals surface area contributed by atoms with Crippen molar-refractivity contribution in [2.75, 3.05) is 20.8 Å². The number of nitrogens with two attached hydrogens (primary N) is 1. The van der Waals surface area contributed by atoms with Crippen molar-refractivity contribution in [1.29, 1.82) is 0 Å². The Hall–Kier alpha value is -0.770. The van der Waals surface area contributed by atoms with E-state index >= 15 is 0 Å². The number of halogens is 1. The molecule has 0 aromatic heterocycles. The highest BCUT2D eigenvalue weighted by Gasteiger charge is 2.16. The molecule has 1 atom stereocenters. The van der Waals surface area contributed by atoms with Crippen LogP contribution in [0.15, 0.2) is 12.1 Å². The van der Waals surface area contributed by atoms with Gasteiger partial charge in [-0.05, 0) is 30.2 Å². The van der Waals surface area contributed by atoms with Crippen LogP contribution in [-0.2, 0) is 11.3 Å². The Morgan fingerprint density at radius 3 is 2.56 bits per heavy atom. The second-order valence-electron chi connectivity index (χ2n) is 3.75. The molecule has 2 N–H and O–H groups in total. The van der Waals surface area contributed by atoms with Gasteiger partial charge >= 0.3 is 0 Å². The van der Waals surface area contributed by atoms with Gasteiger partial charge in [0, 0.05) is 17.7 Å². The lowest BCUT2D eigenvalue weighted by Gasteiger charge is -2.18. The predicted octanol–water partition coefficient (Wildman–Crippen LogP) is 2.56. The second kappa shape index (κ2) is 6.09. The lowest BCUT2D eigenvalue weighted by atomic mass is 9.95. The molecule has 0 heterocycles. The molecule has 4 heteroatoms. The van der Waals surface area contributed by atoms with Crippen LogP contribution in [0.5, 0.6) is 5.75 Å². The summed E-state index contributed by atoms with van der Waals surface area (Å²) in [5, 5.41) is 0.650. The fourth-order valence-corrected chi connectivity index (χ4v) is 2.00. The Morgan fingerprint density at radius 1 is 1.38 bits per heavy atom. The van der Waals surface area contributed by atoms with E-state index in [0.717, 1.165) is 16.9 Å². The molecular weight excluding hydrogens is 226 g/mol. The highest BCUT2D eigenvalue weighted by atomic mass is 35.5. The zero-order chi connectivity index (χ0) is 12.1. The van der Waals surface area contributed by atoms with Crippen LogP contribution >= 0.6 is 11.6 Å². The van der Waals surface area contributed by atoms with Crippen LogP contribution in [0.2, 0.25) is 5.02 Å². The standard InChI is InChI=1S/C12H18ClNO2/c1-8(6-14)12-9(7-15-2)4-10(13)5-11(12)16-3/h4-5,8H,6-7,14H2,1-3H3. The number of benzene rings is 1. The molecule has 0 fully saturated rings. The first-order valence-electron chi connectivity index (χ1n) is 5.19. The number of hydrogen-bond donors (Lipinski definition) is 1. The van der Waals surface area contributed by atoms with E-state index < -0.39 is 0 Å². The van der Waals surface area contributed by atoms with Crippen molar-refractivity contribution >= 4 is 11.6 Å². The Labute approximate surface area is 101 Å². The van der Waals surface area contributed by atoms with Gasteiger partial charge in [0.25, 0.3) is 0 Å². The molecule has 0 amide bonds. The van der Waals surface area contributed by atoms with Gasteiger partial charge in [0.1, 0.15) is 5.75 Å². The summed E-state index contributed by atoms with van der Waals surface area (Å²) in [7, 11) is 3.29. The van der Waals surface area contributed by atoms with Gasteiger partial charge < -0.3 is 15.2 Å². The minimum absolute atomic E-state index is 0.220. The molecule has 0 saturated heterocycles. The van der Waals surface area contributed by atoms with Crippen LogP contribution in [0.4, 0.5) is 0 Å². The highest BCUT2D eigenvalue weighted by molar-refractivity contribution is 6.30. The summed E-state index contributed by atoms with van der Waals surface area (Å²) < 4.78 is 10.5. The van der Waals surface area contributed by atoms with Gasteiger partial charge in [0.2, 0.25) is 0 Å². The number of rotatable bonds is 5. The van der Waals surface area contributed by atoms with Crippen molar-refractivity contribution in [2.45, 2.75) is 19.4 Å². The minimum Gasteiger partial charge on any atom is -0.496 e. The van der Waals surface area contributed by atoms with Crippen molar-refractivity contribution in [3.05, 3.63) is 28.3 Å². The van der Waals surface area contributed by atoms with E-state index in [-0.39, 0.29) is 5.92 Å². The molecule has 0 bridgehead atoms. The lowest BCUT2D eigenvalue weighted by molar-refractivity contribution is 0.183. The number of hydrogen-bond acceptors (Lipinski definition) is 3. The van der Waals surface area contributed by atoms with Gasteiger partial charge in [-0.3, -0.25) is 0 Å². The molecule has 0 spiro atoms. The fourth-order valence-electron chi connectivity index (χ4n) is 1.77. The largest absolute Gasteiger partial charge is 0.496 e. The molecule has 1 aromatic carbocycles. The topological polar surface area (TPSA) is 44.5 Å². The second-order valence-corrected chi connectivity index (χ2v) is 4.19. The zero-order valence-electron chi connectivity index (χ0n) is 9.92. The third-order valence-corrected chi connectivity index (χ3v) is 2.78. The third kappa shape index (κ3) is 2.88. The van der Waals surface area contributed by atoms with E-state index in [0.29, 0.717) is 18.2 Å². The Kier molecular flexibility index (Phi) is 5.06. The van der Waals surface area contributed by atoms with Gasteiger partial charge in [-0.25, -0.2) is 0 Å². The Bertz CT molecular complexity index is 355. The van der Waals surface area contributed by atoms with Gasteiger partial charge in [0.15, 0.2) is 0 Å². The molecule has 16 heavy (non-hydrogen) atoms. The first-order chi connectivity index (χ1) is 7.63. The molecule has 0 saturated carbocycles. The summed E-state index contributed by atoms with van der Waals surface area (Å²) in [4.78, 5) is 0. The molecule has 0 aliphatic carbocycles. The van der Waals surface area contributed by atoms with Gasteiger partial charge in [-0.15, -0.1) is 0 Å². The summed E-state index contributed by atoms with van der Waals surface area (Å²) in [5.41, 5.74) is 7.81. The molecule has 0 radical (unpaired) electrons. The molecule has 0 aliphatic heterocycles. The van der Waals surface area contributed by atoms with E-state index in [9.17, 15) is 0 Å². The normalized spacial score (nSPS) is 12.6. The van der Waals surface area contributed by atoms with Gasteiger partial charge in [-0.1, -0.05) is 18.5 Å². The quantitative estimate of drug-likeness (QED) is 0.865. The van der Waals surface area contributed by atoms with Crippen molar-refractivity contribution < 1.29 is 9.47 Å². The van der Waals surface area contributed by atoms with E-state index in [2.05, 4.69) is 6.92 Å². The SMILES string of the molecule is COCc1cc(Cl)cc(OC)c1C(C)CN. The van der Waals surface area contributed by atoms with E-state index in [1.165, 1.54) is 0 Å². The van der Waals surface area contributed by atoms with Crippen LogP contribution in [0.1, 0.15) is 24.0 Å². The highest BCUT2D eigenvalue weighted by Crippen LogP contribution is 2.33. The van der Waals surface area contributed by atoms with Crippen LogP contribution < -0.4 is 10.5 Å². The monoisotopic (exact) mass is 243 g/mol. The fraction of sp³-hybridized carbons (Fsp3) is 0.500. The van der Waals surface area contributed by atoms with Crippen LogP contribution in [0.25, 0.3) is 0 Å². The average Bonchev–Trinajstić information content (AvgIpc) is 2.27. The first kappa shape index (κ1) is 13.3. The lowest BCUT2D eigenvalue weighted by Crippen LogP contribution is -2.13. The summed E-state index contributed by atoms with van der Waals surface area (Å²) in [6.45, 7) is 3.14. The Morgan fingerprint density at radius 2 is 2.06 bits per heavy atom. The van der Waals surface area contributed by atoms with Crippen LogP contribution in [0, 0.1) is 0 Å². The van der Waals surface area contributed by atoms with Crippen LogP contribution in [-0.4, -0.2) is 20.8 Å². The van der Waals surface area contributed by atoms with Crippen molar-refractivity contribution in [3.8, 4) is 5.75 Å². The van der Waals surface area contributed by atoms with Crippen LogP contribution in [0.3, 0.4) is 0 Å². The molecule has 90 valence electrons. The smallest absolute Gasteiger partial charge is 0.124 e. The third-order valence-electron chi connectivity index (χ3n) is 2.56. The van der Waals surface area contributed by atoms with Gasteiger partial charge in [0.05, 0.1) is 13.7 Å². The molecular formula is C12H18ClNO2. The molecule has 0 aliphatic rings. The maximum Gasteiger partial charge on any atom is 0.124 e. The maximum absolute atomic E-state index is 6.02. The average molecular weight is 244 g/mol. The Balaban J connectivity index is 3.26. The summed E-state index contributed by atoms with van der Waals surface area (Å²) in [6, 6.07) is 3.71. The van der Waals surface area contributed by atoms with Crippen molar-refractivity contribution in [3.63, 3.8) is 0 Å². The van der Waals surface area contributed by atoms with E-state index in [1.54, 1.807) is 14.2 Å². The molecule has 1 rings (SSSR count). The first-order valence-corrected chi connectivity index (χ1v) is 5.57. The minimum atomic E-state index is 0.220. The summed E-state index contributed by atoms with van der Waals surface area (Å²) in [6.07, 6.45) is 0. The van der Waals surface area contributed by atoms with Crippen molar-refractivity contribution in [2.24, 2.45) is 5.73 Å². The number of ether oxygens (including phenoxy) is 2. The van der Waals surface area contributed by atoms with E-state index in [1.807, 2.05) is 12.1 Å². The van der Waals surface area contributed by atoms with Gasteiger partial charge in [-0.2, -0.15) is 0 Å². The van der Waals surface area contributed by atoms with Crippen molar-refractivity contribution in [1.82, 2.24) is 0 Å². The number of methoxy groups -OCH3 is 2. The zero-order valence-corrected chi connectivity index (χ0v) is 10.7. The summed E-state index contributed by atoms with van der Waals surface area (Å²) >= 11 is 6.02. The molecule has 1 unspecified atom stereocenters. The predicted molar refractivity (Wildman–Crippen MR) is 66.2 cm³/mol. The molecule has 1 aromatic rings. The maximum atomic E-state index is 6.02. The van der Waals surface area contributed by atoms with E-state index in [4.69, 9.17) is 26.8 Å². The summed E-state index contributed by atoms with van der Waals surface area (Å²) in [5.74, 6) is 0.995.